The molecular formula is C26H30ClFN4O. The van der Waals surface area contributed by atoms with E-state index in [0.717, 1.165) is 23.6 Å². The quantitative estimate of drug-likeness (QED) is 0.524. The Morgan fingerprint density at radius 1 is 1.00 bits per heavy atom. The van der Waals surface area contributed by atoms with E-state index in [1.54, 1.807) is 16.8 Å². The summed E-state index contributed by atoms with van der Waals surface area (Å²) in [6, 6.07) is 14.3. The molecule has 2 aromatic carbocycles. The molecule has 5 rings (SSSR count). The maximum Gasteiger partial charge on any atom is 0.123 e. The molecule has 1 aliphatic carbocycles. The number of aromatic nitrogens is 3. The third-order valence-corrected chi connectivity index (χ3v) is 7.49. The molecule has 174 valence electrons. The number of hydrogen-bond donors (Lipinski definition) is 1. The van der Waals surface area contributed by atoms with Crippen LogP contribution in [-0.2, 0) is 0 Å². The minimum absolute atomic E-state index is 0.177. The van der Waals surface area contributed by atoms with Crippen molar-refractivity contribution in [3.05, 3.63) is 71.1 Å². The first-order valence-corrected chi connectivity index (χ1v) is 12.3. The summed E-state index contributed by atoms with van der Waals surface area (Å²) in [6.45, 7) is 1.61. The Kier molecular flexibility index (Phi) is 6.76. The summed E-state index contributed by atoms with van der Waals surface area (Å²) in [4.78, 5) is 2.46. The van der Waals surface area contributed by atoms with Crippen molar-refractivity contribution in [2.75, 3.05) is 13.1 Å². The van der Waals surface area contributed by atoms with E-state index in [1.807, 2.05) is 18.3 Å². The molecule has 2 heterocycles. The molecule has 0 radical (unpaired) electrons. The largest absolute Gasteiger partial charge is 0.390 e. The van der Waals surface area contributed by atoms with Gasteiger partial charge in [0.2, 0.25) is 0 Å². The number of benzene rings is 2. The number of halogens is 2. The van der Waals surface area contributed by atoms with Gasteiger partial charge in [-0.3, -0.25) is 4.90 Å². The number of aliphatic hydroxyl groups is 1. The lowest BCUT2D eigenvalue weighted by molar-refractivity contribution is -0.0181. The lowest BCUT2D eigenvalue weighted by Crippen LogP contribution is -2.48. The molecule has 3 aromatic rings. The molecule has 1 aliphatic heterocycles. The zero-order valence-corrected chi connectivity index (χ0v) is 19.4. The van der Waals surface area contributed by atoms with Crippen LogP contribution in [0.1, 0.15) is 56.2 Å². The Labute approximate surface area is 199 Å². The average Bonchev–Trinajstić information content (AvgIpc) is 3.31. The lowest BCUT2D eigenvalue weighted by atomic mass is 9.85. The van der Waals surface area contributed by atoms with Gasteiger partial charge in [-0.2, -0.15) is 0 Å². The van der Waals surface area contributed by atoms with Crippen LogP contribution in [0.25, 0.3) is 11.3 Å². The topological polar surface area (TPSA) is 54.2 Å². The fraction of sp³-hybridized carbons (Fsp3) is 0.462. The molecule has 33 heavy (non-hydrogen) atoms. The first-order chi connectivity index (χ1) is 16.1. The molecule has 1 saturated carbocycles. The number of likely N-dealkylation sites (tertiary alicyclic amines) is 1. The van der Waals surface area contributed by atoms with Crippen molar-refractivity contribution in [2.45, 2.75) is 56.7 Å². The van der Waals surface area contributed by atoms with Crippen LogP contribution in [0.3, 0.4) is 0 Å². The van der Waals surface area contributed by atoms with Crippen LogP contribution in [0.5, 0.6) is 0 Å². The Bertz CT molecular complexity index is 1050. The highest BCUT2D eigenvalue weighted by atomic mass is 35.5. The van der Waals surface area contributed by atoms with Gasteiger partial charge in [-0.1, -0.05) is 48.2 Å². The van der Waals surface area contributed by atoms with Crippen LogP contribution in [0, 0.1) is 11.7 Å². The minimum Gasteiger partial charge on any atom is -0.390 e. The smallest absolute Gasteiger partial charge is 0.123 e. The summed E-state index contributed by atoms with van der Waals surface area (Å²) in [7, 11) is 0. The molecule has 0 amide bonds. The third kappa shape index (κ3) is 5.13. The van der Waals surface area contributed by atoms with Crippen molar-refractivity contribution in [1.29, 1.82) is 0 Å². The number of piperidine rings is 1. The number of hydrogen-bond acceptors (Lipinski definition) is 4. The minimum atomic E-state index is -0.542. The van der Waals surface area contributed by atoms with E-state index in [1.165, 1.54) is 49.8 Å². The highest BCUT2D eigenvalue weighted by Crippen LogP contribution is 2.39. The predicted octanol–water partition coefficient (Wildman–Crippen LogP) is 5.67. The summed E-state index contributed by atoms with van der Waals surface area (Å²) in [6.07, 6.45) is 8.55. The van der Waals surface area contributed by atoms with E-state index >= 15 is 0 Å². The summed E-state index contributed by atoms with van der Waals surface area (Å²) < 4.78 is 15.1. The molecule has 1 aromatic heterocycles. The van der Waals surface area contributed by atoms with Crippen LogP contribution < -0.4 is 0 Å². The predicted molar refractivity (Wildman–Crippen MR) is 127 cm³/mol. The Balaban J connectivity index is 1.39. The van der Waals surface area contributed by atoms with Gasteiger partial charge in [0.15, 0.2) is 0 Å². The van der Waals surface area contributed by atoms with Crippen molar-refractivity contribution >= 4 is 11.6 Å². The number of β-amino-alcohol motifs (C(OH)–C–C–N with tert-alkyl or cyclic N) is 1. The fourth-order valence-electron chi connectivity index (χ4n) is 5.44. The van der Waals surface area contributed by atoms with Crippen LogP contribution in [0.15, 0.2) is 54.7 Å². The molecule has 5 nitrogen and oxygen atoms in total. The SMILES string of the molecule is O[C@H]1CN(CC2CCCCC2)[C@@H](c2ccc(Cl)cc2)C[C@H]1n1cc(-c2ccc(F)cc2)nn1. The van der Waals surface area contributed by atoms with Crippen molar-refractivity contribution in [3.63, 3.8) is 0 Å². The van der Waals surface area contributed by atoms with Crippen LogP contribution in [0.2, 0.25) is 5.02 Å². The van der Waals surface area contributed by atoms with Gasteiger partial charge in [-0.25, -0.2) is 9.07 Å². The Morgan fingerprint density at radius 2 is 1.73 bits per heavy atom. The molecule has 0 unspecified atom stereocenters. The van der Waals surface area contributed by atoms with Gasteiger partial charge in [-0.05, 0) is 67.1 Å². The van der Waals surface area contributed by atoms with E-state index in [-0.39, 0.29) is 17.9 Å². The molecule has 0 bridgehead atoms. The number of rotatable bonds is 5. The van der Waals surface area contributed by atoms with Crippen molar-refractivity contribution in [1.82, 2.24) is 19.9 Å². The van der Waals surface area contributed by atoms with Crippen LogP contribution in [0.4, 0.5) is 4.39 Å². The zero-order chi connectivity index (χ0) is 22.8. The monoisotopic (exact) mass is 468 g/mol. The molecule has 7 heteroatoms. The van der Waals surface area contributed by atoms with E-state index in [0.29, 0.717) is 18.2 Å². The van der Waals surface area contributed by atoms with Gasteiger partial charge in [0.25, 0.3) is 0 Å². The summed E-state index contributed by atoms with van der Waals surface area (Å²) in [5.41, 5.74) is 2.70. The van der Waals surface area contributed by atoms with Crippen molar-refractivity contribution in [2.24, 2.45) is 5.92 Å². The van der Waals surface area contributed by atoms with Gasteiger partial charge in [0.05, 0.1) is 18.3 Å². The standard InChI is InChI=1S/C26H30ClFN4O/c27-21-10-6-20(7-11-21)24-14-25(26(33)17-31(24)15-18-4-2-1-3-5-18)32-16-23(29-30-32)19-8-12-22(28)13-9-19/h6-13,16,18,24-26,33H,1-5,14-15,17H2/t24-,25-,26+/m1/s1. The Morgan fingerprint density at radius 3 is 2.45 bits per heavy atom. The second-order valence-corrected chi connectivity index (χ2v) is 9.92. The molecule has 2 fully saturated rings. The maximum absolute atomic E-state index is 13.3. The van der Waals surface area contributed by atoms with Gasteiger partial charge in [-0.15, -0.1) is 5.10 Å². The maximum atomic E-state index is 13.3. The van der Waals surface area contributed by atoms with Crippen molar-refractivity contribution < 1.29 is 9.50 Å². The average molecular weight is 469 g/mol. The molecule has 3 atom stereocenters. The van der Waals surface area contributed by atoms with E-state index < -0.39 is 6.10 Å². The highest BCUT2D eigenvalue weighted by Gasteiger charge is 2.38. The Hall–Kier alpha value is -2.28. The second kappa shape index (κ2) is 9.92. The van der Waals surface area contributed by atoms with E-state index in [2.05, 4.69) is 27.3 Å². The van der Waals surface area contributed by atoms with E-state index in [4.69, 9.17) is 11.6 Å². The van der Waals surface area contributed by atoms with Gasteiger partial charge in [0, 0.05) is 29.7 Å². The lowest BCUT2D eigenvalue weighted by Gasteiger charge is -2.44. The number of nitrogens with zero attached hydrogens (tertiary/aromatic N) is 4. The summed E-state index contributed by atoms with van der Waals surface area (Å²) in [5, 5.41) is 20.5. The second-order valence-electron chi connectivity index (χ2n) is 9.49. The summed E-state index contributed by atoms with van der Waals surface area (Å²) in [5.74, 6) is 0.409. The highest BCUT2D eigenvalue weighted by molar-refractivity contribution is 6.30. The molecule has 1 saturated heterocycles. The van der Waals surface area contributed by atoms with Gasteiger partial charge < -0.3 is 5.11 Å². The molecule has 2 aliphatic rings. The normalized spacial score (nSPS) is 24.8. The molecule has 1 N–H and O–H groups in total. The zero-order valence-electron chi connectivity index (χ0n) is 18.7. The third-order valence-electron chi connectivity index (χ3n) is 7.23. The molecular weight excluding hydrogens is 439 g/mol. The number of aliphatic hydroxyl groups excluding tert-OH is 1. The summed E-state index contributed by atoms with van der Waals surface area (Å²) >= 11 is 6.16. The molecule has 0 spiro atoms. The van der Waals surface area contributed by atoms with E-state index in [9.17, 15) is 9.50 Å². The van der Waals surface area contributed by atoms with Gasteiger partial charge in [0.1, 0.15) is 11.5 Å². The van der Waals surface area contributed by atoms with Crippen LogP contribution in [-0.4, -0.2) is 44.2 Å². The van der Waals surface area contributed by atoms with Crippen LogP contribution >= 0.6 is 11.6 Å². The van der Waals surface area contributed by atoms with Gasteiger partial charge >= 0.3 is 0 Å². The first-order valence-electron chi connectivity index (χ1n) is 11.9. The first kappa shape index (κ1) is 22.5. The van der Waals surface area contributed by atoms with Crippen molar-refractivity contribution in [3.8, 4) is 11.3 Å². The fourth-order valence-corrected chi connectivity index (χ4v) is 5.56.